The first-order valence-electron chi connectivity index (χ1n) is 9.44. The minimum absolute atomic E-state index is 0.0330. The fraction of sp³-hybridized carbons (Fsp3) is 0.500. The van der Waals surface area contributed by atoms with Crippen molar-refractivity contribution in [2.45, 2.75) is 39.3 Å². The number of piperidine rings is 1. The van der Waals surface area contributed by atoms with Gasteiger partial charge in [0.05, 0.1) is 11.1 Å². The quantitative estimate of drug-likeness (QED) is 0.587. The fourth-order valence-corrected chi connectivity index (χ4v) is 3.81. The molecule has 28 heavy (non-hydrogen) atoms. The molecule has 0 spiro atoms. The Hall–Kier alpha value is -2.58. The van der Waals surface area contributed by atoms with Crippen LogP contribution in [-0.4, -0.2) is 54.7 Å². The van der Waals surface area contributed by atoms with Crippen molar-refractivity contribution in [1.82, 2.24) is 20.9 Å². The Morgan fingerprint density at radius 2 is 1.89 bits per heavy atom. The molecule has 150 valence electrons. The summed E-state index contributed by atoms with van der Waals surface area (Å²) in [4.78, 5) is 50.4. The van der Waals surface area contributed by atoms with Crippen LogP contribution in [0.4, 0.5) is 0 Å². The van der Waals surface area contributed by atoms with Gasteiger partial charge in [0.2, 0.25) is 11.8 Å². The summed E-state index contributed by atoms with van der Waals surface area (Å²) in [5, 5.41) is 8.72. The van der Waals surface area contributed by atoms with Crippen LogP contribution in [0.3, 0.4) is 0 Å². The van der Waals surface area contributed by atoms with Crippen molar-refractivity contribution in [3.05, 3.63) is 34.9 Å². The molecule has 3 rings (SSSR count). The van der Waals surface area contributed by atoms with Crippen LogP contribution in [-0.2, 0) is 16.1 Å². The van der Waals surface area contributed by atoms with Gasteiger partial charge in [-0.2, -0.15) is 0 Å². The van der Waals surface area contributed by atoms with Crippen LogP contribution >= 0.6 is 0 Å². The Bertz CT molecular complexity index is 833. The van der Waals surface area contributed by atoms with Gasteiger partial charge in [0.1, 0.15) is 6.04 Å². The largest absolute Gasteiger partial charge is 0.319 e. The van der Waals surface area contributed by atoms with Gasteiger partial charge in [-0.3, -0.25) is 29.4 Å². The molecule has 1 saturated heterocycles. The topological polar surface area (TPSA) is 108 Å². The van der Waals surface area contributed by atoms with Gasteiger partial charge in [-0.1, -0.05) is 26.0 Å². The average Bonchev–Trinajstić information content (AvgIpc) is 2.87. The number of rotatable bonds is 7. The number of nitrogens with zero attached hydrogens (tertiary/aromatic N) is 1. The van der Waals surface area contributed by atoms with E-state index in [9.17, 15) is 19.2 Å². The van der Waals surface area contributed by atoms with E-state index in [1.807, 2.05) is 13.1 Å². The van der Waals surface area contributed by atoms with Gasteiger partial charge in [-0.05, 0) is 30.5 Å². The number of benzene rings is 1. The molecular formula is C20H26N4O4. The minimum Gasteiger partial charge on any atom is -0.319 e. The van der Waals surface area contributed by atoms with Gasteiger partial charge in [0.25, 0.3) is 11.8 Å². The lowest BCUT2D eigenvalue weighted by atomic mass is 9.93. The fourth-order valence-electron chi connectivity index (χ4n) is 3.81. The van der Waals surface area contributed by atoms with Crippen molar-refractivity contribution in [1.29, 1.82) is 0 Å². The number of hydrogen-bond donors (Lipinski definition) is 3. The van der Waals surface area contributed by atoms with E-state index in [0.717, 1.165) is 23.6 Å². The Balaban J connectivity index is 1.78. The first-order chi connectivity index (χ1) is 13.2. The lowest BCUT2D eigenvalue weighted by molar-refractivity contribution is -0.136. The van der Waals surface area contributed by atoms with E-state index in [4.69, 9.17) is 0 Å². The third-order valence-corrected chi connectivity index (χ3v) is 5.13. The van der Waals surface area contributed by atoms with Gasteiger partial charge in [0, 0.05) is 26.1 Å². The number of carbonyl (C=O) groups is 4. The molecule has 0 bridgehead atoms. The lowest BCUT2D eigenvalue weighted by Crippen LogP contribution is -2.54. The zero-order valence-electron chi connectivity index (χ0n) is 16.4. The third kappa shape index (κ3) is 3.83. The zero-order valence-corrected chi connectivity index (χ0v) is 16.4. The molecule has 0 saturated carbocycles. The van der Waals surface area contributed by atoms with E-state index in [1.165, 1.54) is 0 Å². The van der Waals surface area contributed by atoms with E-state index in [2.05, 4.69) is 29.8 Å². The number of hydrogen-bond acceptors (Lipinski definition) is 6. The lowest BCUT2D eigenvalue weighted by Gasteiger charge is -2.28. The standard InChI is InChI=1S/C20H26N4O4/c1-20(2,10-21-3)11-22-9-12-5-4-6-13-16(12)19(28)24(18(13)27)14-7-8-15(25)23-17(14)26/h4-6,14,21-22H,7-11H2,1-3H3,(H,23,25,26). The molecule has 8 nitrogen and oxygen atoms in total. The summed E-state index contributed by atoms with van der Waals surface area (Å²) in [6.07, 6.45) is 0.265. The summed E-state index contributed by atoms with van der Waals surface area (Å²) in [7, 11) is 1.90. The maximum absolute atomic E-state index is 13.0. The van der Waals surface area contributed by atoms with Gasteiger partial charge in [-0.15, -0.1) is 0 Å². The second-order valence-corrected chi connectivity index (χ2v) is 8.09. The minimum atomic E-state index is -0.944. The van der Waals surface area contributed by atoms with Gasteiger partial charge >= 0.3 is 0 Å². The van der Waals surface area contributed by atoms with Gasteiger partial charge in [-0.25, -0.2) is 0 Å². The highest BCUT2D eigenvalue weighted by molar-refractivity contribution is 6.24. The van der Waals surface area contributed by atoms with Crippen LogP contribution in [0.2, 0.25) is 0 Å². The van der Waals surface area contributed by atoms with Crippen molar-refractivity contribution < 1.29 is 19.2 Å². The van der Waals surface area contributed by atoms with E-state index in [0.29, 0.717) is 17.7 Å². The molecule has 2 heterocycles. The summed E-state index contributed by atoms with van der Waals surface area (Å²) in [6, 6.07) is 4.22. The molecule has 1 aromatic rings. The van der Waals surface area contributed by atoms with Crippen LogP contribution in [0, 0.1) is 5.41 Å². The van der Waals surface area contributed by atoms with E-state index >= 15 is 0 Å². The van der Waals surface area contributed by atoms with E-state index in [1.54, 1.807) is 12.1 Å². The zero-order chi connectivity index (χ0) is 20.5. The van der Waals surface area contributed by atoms with Crippen LogP contribution in [0.5, 0.6) is 0 Å². The number of amides is 4. The molecule has 0 aromatic heterocycles. The molecule has 4 amide bonds. The van der Waals surface area contributed by atoms with Crippen molar-refractivity contribution in [3.63, 3.8) is 0 Å². The summed E-state index contributed by atoms with van der Waals surface area (Å²) in [6.45, 7) is 6.28. The Labute approximate surface area is 164 Å². The predicted octanol–water partition coefficient (Wildman–Crippen LogP) is 0.423. The predicted molar refractivity (Wildman–Crippen MR) is 103 cm³/mol. The maximum atomic E-state index is 13.0. The summed E-state index contributed by atoms with van der Waals surface area (Å²) in [5.41, 5.74) is 1.41. The monoisotopic (exact) mass is 386 g/mol. The number of nitrogens with one attached hydrogen (secondary N) is 3. The molecule has 1 fully saturated rings. The third-order valence-electron chi connectivity index (χ3n) is 5.13. The Kier molecular flexibility index (Phi) is 5.62. The Morgan fingerprint density at radius 1 is 1.14 bits per heavy atom. The maximum Gasteiger partial charge on any atom is 0.262 e. The smallest absolute Gasteiger partial charge is 0.262 e. The van der Waals surface area contributed by atoms with Gasteiger partial charge < -0.3 is 10.6 Å². The molecular weight excluding hydrogens is 360 g/mol. The SMILES string of the molecule is CNCC(C)(C)CNCc1cccc2c1C(=O)N(C1CCC(=O)NC1=O)C2=O. The second kappa shape index (κ2) is 7.81. The van der Waals surface area contributed by atoms with Crippen LogP contribution in [0.1, 0.15) is 53.0 Å². The summed E-state index contributed by atoms with van der Waals surface area (Å²) >= 11 is 0. The van der Waals surface area contributed by atoms with Crippen molar-refractivity contribution in [3.8, 4) is 0 Å². The molecule has 2 aliphatic heterocycles. The highest BCUT2D eigenvalue weighted by Crippen LogP contribution is 2.30. The molecule has 3 N–H and O–H groups in total. The highest BCUT2D eigenvalue weighted by Gasteiger charge is 2.45. The first kappa shape index (κ1) is 20.2. The molecule has 1 unspecified atom stereocenters. The number of carbonyl (C=O) groups excluding carboxylic acids is 4. The number of imide groups is 2. The molecule has 1 aromatic carbocycles. The summed E-state index contributed by atoms with van der Waals surface area (Å²) in [5.74, 6) is -1.93. The molecule has 1 atom stereocenters. The van der Waals surface area contributed by atoms with Crippen LogP contribution in [0.25, 0.3) is 0 Å². The van der Waals surface area contributed by atoms with E-state index in [-0.39, 0.29) is 24.2 Å². The van der Waals surface area contributed by atoms with Crippen molar-refractivity contribution >= 4 is 23.6 Å². The number of fused-ring (bicyclic) bond motifs is 1. The molecule has 8 heteroatoms. The van der Waals surface area contributed by atoms with Crippen molar-refractivity contribution in [2.75, 3.05) is 20.1 Å². The van der Waals surface area contributed by atoms with Gasteiger partial charge in [0.15, 0.2) is 0 Å². The molecule has 0 aliphatic carbocycles. The van der Waals surface area contributed by atoms with Crippen LogP contribution < -0.4 is 16.0 Å². The van der Waals surface area contributed by atoms with Crippen LogP contribution in [0.15, 0.2) is 18.2 Å². The Morgan fingerprint density at radius 3 is 2.57 bits per heavy atom. The highest BCUT2D eigenvalue weighted by atomic mass is 16.2. The summed E-state index contributed by atoms with van der Waals surface area (Å²) < 4.78 is 0. The molecule has 0 radical (unpaired) electrons. The van der Waals surface area contributed by atoms with E-state index < -0.39 is 23.8 Å². The first-order valence-corrected chi connectivity index (χ1v) is 9.44. The van der Waals surface area contributed by atoms with Crippen molar-refractivity contribution in [2.24, 2.45) is 5.41 Å². The second-order valence-electron chi connectivity index (χ2n) is 8.09. The molecule has 2 aliphatic rings. The average molecular weight is 386 g/mol. The normalized spacial score (nSPS) is 19.8.